The molecule has 148 valence electrons. The summed E-state index contributed by atoms with van der Waals surface area (Å²) in [6, 6.07) is 8.16. The highest BCUT2D eigenvalue weighted by molar-refractivity contribution is 5.77. The van der Waals surface area contributed by atoms with Gasteiger partial charge in [-0.25, -0.2) is 0 Å². The molecule has 6 heteroatoms. The number of aliphatic hydroxyl groups excluding tert-OH is 1. The van der Waals surface area contributed by atoms with E-state index in [-0.39, 0.29) is 29.5 Å². The smallest absolute Gasteiger partial charge is 0.312 e. The summed E-state index contributed by atoms with van der Waals surface area (Å²) in [6.45, 7) is 8.93. The molecule has 1 aliphatic carbocycles. The normalized spacial score (nSPS) is 37.9. The summed E-state index contributed by atoms with van der Waals surface area (Å²) < 4.78 is 22.9. The minimum atomic E-state index is -0.761. The van der Waals surface area contributed by atoms with Gasteiger partial charge in [0.15, 0.2) is 6.29 Å². The van der Waals surface area contributed by atoms with Crippen LogP contribution in [0.25, 0.3) is 0 Å². The molecule has 0 aromatic heterocycles. The highest BCUT2D eigenvalue weighted by Crippen LogP contribution is 2.52. The lowest BCUT2D eigenvalue weighted by Gasteiger charge is -2.41. The fourth-order valence-corrected chi connectivity index (χ4v) is 4.12. The summed E-state index contributed by atoms with van der Waals surface area (Å²) in [4.78, 5) is 12.0. The summed E-state index contributed by atoms with van der Waals surface area (Å²) in [6.07, 6.45) is -2.48. The van der Waals surface area contributed by atoms with Crippen molar-refractivity contribution in [1.29, 1.82) is 0 Å². The standard InChI is InChI=1S/C21H28O6/c1-5-24-19(23)15-14-16(22)17-13(26-18(14)15)10-25-20(27-17)11-6-8-12(9-7-11)21(2,3)4/h6-9,13-18,20,22H,5,10H2,1-4H3/t13?,14?,15-,16+,17?,18?,20?/m0/s1. The molecular weight excluding hydrogens is 348 g/mol. The number of aliphatic hydroxyl groups is 1. The number of carbonyl (C=O) groups is 1. The van der Waals surface area contributed by atoms with Gasteiger partial charge in [0.05, 0.1) is 31.3 Å². The third kappa shape index (κ3) is 3.40. The average Bonchev–Trinajstić information content (AvgIpc) is 3.36. The van der Waals surface area contributed by atoms with Crippen LogP contribution in [0.2, 0.25) is 0 Å². The summed E-state index contributed by atoms with van der Waals surface area (Å²) in [5, 5.41) is 10.7. The van der Waals surface area contributed by atoms with Gasteiger partial charge in [0.25, 0.3) is 0 Å². The van der Waals surface area contributed by atoms with Gasteiger partial charge in [-0.3, -0.25) is 4.79 Å². The summed E-state index contributed by atoms with van der Waals surface area (Å²) in [7, 11) is 0. The van der Waals surface area contributed by atoms with E-state index in [1.54, 1.807) is 6.92 Å². The van der Waals surface area contributed by atoms with Crippen molar-refractivity contribution in [2.24, 2.45) is 11.8 Å². The Morgan fingerprint density at radius 1 is 1.19 bits per heavy atom. The Kier molecular flexibility index (Phi) is 4.79. The zero-order valence-electron chi connectivity index (χ0n) is 16.3. The Hall–Kier alpha value is -1.47. The number of ether oxygens (including phenoxy) is 4. The summed E-state index contributed by atoms with van der Waals surface area (Å²) >= 11 is 0. The number of esters is 1. The third-order valence-corrected chi connectivity index (χ3v) is 5.74. The molecule has 6 nitrogen and oxygen atoms in total. The lowest BCUT2D eigenvalue weighted by Crippen LogP contribution is -2.53. The summed E-state index contributed by atoms with van der Waals surface area (Å²) in [5.74, 6) is -0.966. The van der Waals surface area contributed by atoms with Gasteiger partial charge in [-0.05, 0) is 17.9 Å². The molecule has 27 heavy (non-hydrogen) atoms. The van der Waals surface area contributed by atoms with E-state index in [0.717, 1.165) is 5.56 Å². The first-order chi connectivity index (χ1) is 12.8. The minimum Gasteiger partial charge on any atom is -0.466 e. The van der Waals surface area contributed by atoms with E-state index >= 15 is 0 Å². The molecule has 0 bridgehead atoms. The van der Waals surface area contributed by atoms with Crippen LogP contribution in [0.3, 0.4) is 0 Å². The third-order valence-electron chi connectivity index (χ3n) is 5.74. The molecule has 2 aliphatic heterocycles. The second-order valence-corrected chi connectivity index (χ2v) is 8.62. The molecule has 0 radical (unpaired) electrons. The van der Waals surface area contributed by atoms with Crippen LogP contribution in [0, 0.1) is 11.8 Å². The zero-order valence-corrected chi connectivity index (χ0v) is 16.3. The van der Waals surface area contributed by atoms with Crippen LogP contribution in [-0.2, 0) is 29.2 Å². The molecule has 7 atom stereocenters. The van der Waals surface area contributed by atoms with Crippen LogP contribution in [0.1, 0.15) is 45.1 Å². The van der Waals surface area contributed by atoms with Gasteiger partial charge in [0, 0.05) is 11.5 Å². The van der Waals surface area contributed by atoms with Crippen LogP contribution < -0.4 is 0 Å². The molecule has 3 fully saturated rings. The van der Waals surface area contributed by atoms with E-state index in [2.05, 4.69) is 32.9 Å². The molecule has 0 spiro atoms. The van der Waals surface area contributed by atoms with Gasteiger partial charge < -0.3 is 24.1 Å². The Morgan fingerprint density at radius 2 is 1.89 bits per heavy atom. The van der Waals surface area contributed by atoms with E-state index in [1.807, 2.05) is 12.1 Å². The van der Waals surface area contributed by atoms with Crippen LogP contribution in [0.15, 0.2) is 24.3 Å². The molecule has 1 aromatic rings. The molecule has 1 aromatic carbocycles. The van der Waals surface area contributed by atoms with Crippen LogP contribution >= 0.6 is 0 Å². The highest BCUT2D eigenvalue weighted by Gasteiger charge is 2.67. The Bertz CT molecular complexity index is 694. The quantitative estimate of drug-likeness (QED) is 0.817. The van der Waals surface area contributed by atoms with Gasteiger partial charge in [-0.15, -0.1) is 0 Å². The monoisotopic (exact) mass is 376 g/mol. The maximum Gasteiger partial charge on any atom is 0.312 e. The molecule has 4 rings (SSSR count). The van der Waals surface area contributed by atoms with E-state index < -0.39 is 24.4 Å². The molecule has 1 N–H and O–H groups in total. The molecule has 0 amide bonds. The number of hydrogen-bond donors (Lipinski definition) is 1. The summed E-state index contributed by atoms with van der Waals surface area (Å²) in [5.41, 5.74) is 2.22. The van der Waals surface area contributed by atoms with Crippen molar-refractivity contribution in [2.75, 3.05) is 13.2 Å². The predicted octanol–water partition coefficient (Wildman–Crippen LogP) is 2.34. The first kappa shape index (κ1) is 18.9. The Balaban J connectivity index is 1.45. The second-order valence-electron chi connectivity index (χ2n) is 8.62. The lowest BCUT2D eigenvalue weighted by molar-refractivity contribution is -0.300. The second kappa shape index (κ2) is 6.85. The van der Waals surface area contributed by atoms with Crippen molar-refractivity contribution in [3.63, 3.8) is 0 Å². The van der Waals surface area contributed by atoms with Crippen molar-refractivity contribution in [3.8, 4) is 0 Å². The predicted molar refractivity (Wildman–Crippen MR) is 97.0 cm³/mol. The van der Waals surface area contributed by atoms with Crippen LogP contribution in [0.5, 0.6) is 0 Å². The van der Waals surface area contributed by atoms with Crippen molar-refractivity contribution < 1.29 is 28.8 Å². The Morgan fingerprint density at radius 3 is 2.52 bits per heavy atom. The maximum absolute atomic E-state index is 12.0. The van der Waals surface area contributed by atoms with Crippen LogP contribution in [0.4, 0.5) is 0 Å². The largest absolute Gasteiger partial charge is 0.466 e. The number of carbonyl (C=O) groups excluding carboxylic acids is 1. The van der Waals surface area contributed by atoms with Crippen LogP contribution in [-0.4, -0.2) is 48.7 Å². The fraction of sp³-hybridized carbons (Fsp3) is 0.667. The molecule has 2 saturated heterocycles. The minimum absolute atomic E-state index is 0.0778. The molecule has 1 saturated carbocycles. The van der Waals surface area contributed by atoms with Gasteiger partial charge in [0.1, 0.15) is 12.2 Å². The maximum atomic E-state index is 12.0. The van der Waals surface area contributed by atoms with Crippen molar-refractivity contribution in [3.05, 3.63) is 35.4 Å². The zero-order chi connectivity index (χ0) is 19.3. The highest BCUT2D eigenvalue weighted by atomic mass is 16.7. The van der Waals surface area contributed by atoms with E-state index in [9.17, 15) is 9.90 Å². The van der Waals surface area contributed by atoms with Gasteiger partial charge in [0.2, 0.25) is 0 Å². The molecule has 3 aliphatic rings. The molecular formula is C21H28O6. The number of rotatable bonds is 3. The van der Waals surface area contributed by atoms with Crippen molar-refractivity contribution in [1.82, 2.24) is 0 Å². The SMILES string of the molecule is CCOC(=O)[C@@H]1C2OC3COC(c4ccc(C(C)(C)C)cc4)OC3[C@H](O)C21. The lowest BCUT2D eigenvalue weighted by atomic mass is 9.86. The Labute approximate surface area is 159 Å². The van der Waals surface area contributed by atoms with E-state index in [1.165, 1.54) is 5.56 Å². The van der Waals surface area contributed by atoms with Crippen molar-refractivity contribution >= 4 is 5.97 Å². The number of fused-ring (bicyclic) bond motifs is 2. The average molecular weight is 376 g/mol. The number of benzene rings is 1. The first-order valence-electron chi connectivity index (χ1n) is 9.69. The van der Waals surface area contributed by atoms with E-state index in [0.29, 0.717) is 13.2 Å². The van der Waals surface area contributed by atoms with Gasteiger partial charge >= 0.3 is 5.97 Å². The molecule has 2 heterocycles. The fourth-order valence-electron chi connectivity index (χ4n) is 4.12. The van der Waals surface area contributed by atoms with Gasteiger partial charge in [-0.2, -0.15) is 0 Å². The van der Waals surface area contributed by atoms with Crippen molar-refractivity contribution in [2.45, 2.75) is 63.8 Å². The van der Waals surface area contributed by atoms with E-state index in [4.69, 9.17) is 18.9 Å². The first-order valence-corrected chi connectivity index (χ1v) is 9.69. The van der Waals surface area contributed by atoms with Gasteiger partial charge in [-0.1, -0.05) is 45.0 Å². The number of hydrogen-bond acceptors (Lipinski definition) is 6. The molecule has 5 unspecified atom stereocenters. The topological polar surface area (TPSA) is 74.2 Å².